The van der Waals surface area contributed by atoms with Crippen LogP contribution in [0.1, 0.15) is 112 Å². The number of aromatic nitrogens is 2. The fraction of sp³-hybridized carbons (Fsp3) is 0.415. The molecule has 4 aliphatic rings. The number of hydrogen-bond donors (Lipinski definition) is 8. The number of ether oxygens (including phenoxy) is 2. The number of hydrogen-bond acceptors (Lipinski definition) is 18. The summed E-state index contributed by atoms with van der Waals surface area (Å²) in [5.41, 5.74) is 7.66. The Bertz CT molecular complexity index is 4170. The van der Waals surface area contributed by atoms with Crippen molar-refractivity contribution in [3.8, 4) is 23.3 Å². The van der Waals surface area contributed by atoms with Gasteiger partial charge in [-0.1, -0.05) is 36.1 Å². The van der Waals surface area contributed by atoms with Gasteiger partial charge >= 0.3 is 29.2 Å². The van der Waals surface area contributed by atoms with Gasteiger partial charge in [0.2, 0.25) is 11.3 Å². The molecule has 2 unspecified atom stereocenters. The molecule has 1 saturated heterocycles. The highest BCUT2D eigenvalue weighted by Crippen LogP contribution is 2.66. The van der Waals surface area contributed by atoms with Crippen LogP contribution in [0.2, 0.25) is 0 Å². The number of nitrogens with two attached hydrogens (primary N) is 1. The van der Waals surface area contributed by atoms with Gasteiger partial charge in [0.05, 0.1) is 42.0 Å². The SMILES string of the molecule is CCN1c2cc3c(cc2C(CS(=O)(=O)O)=CC1(C)C)C(c1ccccc1C(=O)N(C)CCCC(=O)NCC#Cc1cn([C@H]2CC[C@@H](COP(=O)(O)OP(=O)(O)OP(=O)(O)O)O2)c(=O)nc1N)=c1cc2c(cc1O3)=[N+](CC)C(C)(C)C=C2CS(=O)(=O)O. The molecule has 8 rings (SSSR count). The lowest BCUT2D eigenvalue weighted by Gasteiger charge is -2.43. The predicted octanol–water partition coefficient (Wildman–Crippen LogP) is 3.68. The van der Waals surface area contributed by atoms with Gasteiger partial charge in [-0.05, 0) is 87.9 Å². The average Bonchev–Trinajstić information content (AvgIpc) is 0.799. The number of phosphoric acid groups is 3. The third-order valence-electron chi connectivity index (χ3n) is 14.5. The summed E-state index contributed by atoms with van der Waals surface area (Å²) >= 11 is 0. The number of amides is 2. The molecule has 0 radical (unpaired) electrons. The van der Waals surface area contributed by atoms with Crippen molar-refractivity contribution in [3.05, 3.63) is 121 Å². The number of anilines is 2. The van der Waals surface area contributed by atoms with Crippen LogP contribution < -0.4 is 41.5 Å². The van der Waals surface area contributed by atoms with Gasteiger partial charge < -0.3 is 49.9 Å². The predicted molar refractivity (Wildman–Crippen MR) is 314 cm³/mol. The lowest BCUT2D eigenvalue weighted by Crippen LogP contribution is -2.50. The first-order valence-electron chi connectivity index (χ1n) is 26.6. The molecular weight excluding hydrogens is 1230 g/mol. The van der Waals surface area contributed by atoms with Gasteiger partial charge in [0, 0.05) is 85.8 Å². The minimum absolute atomic E-state index is 0.0422. The lowest BCUT2D eigenvalue weighted by molar-refractivity contribution is -0.121. The number of benzene rings is 3. The second kappa shape index (κ2) is 24.7. The van der Waals surface area contributed by atoms with Crippen molar-refractivity contribution < 1.29 is 91.4 Å². The molecule has 4 aliphatic heterocycles. The highest BCUT2D eigenvalue weighted by atomic mass is 32.2. The van der Waals surface area contributed by atoms with E-state index in [9.17, 15) is 63.8 Å². The van der Waals surface area contributed by atoms with Crippen molar-refractivity contribution >= 4 is 83.7 Å². The van der Waals surface area contributed by atoms with E-state index in [4.69, 9.17) is 25.0 Å². The van der Waals surface area contributed by atoms with Gasteiger partial charge in [0.1, 0.15) is 41.6 Å². The summed E-state index contributed by atoms with van der Waals surface area (Å²) in [5, 5.41) is 3.76. The zero-order chi connectivity index (χ0) is 63.3. The van der Waals surface area contributed by atoms with Crippen LogP contribution in [0.3, 0.4) is 0 Å². The quantitative estimate of drug-likeness (QED) is 0.0225. The molecule has 4 aromatic rings. The Hall–Kier alpha value is -6.22. The Morgan fingerprint density at radius 1 is 0.895 bits per heavy atom. The summed E-state index contributed by atoms with van der Waals surface area (Å²) in [6.45, 7) is 11.8. The molecule has 86 heavy (non-hydrogen) atoms. The van der Waals surface area contributed by atoms with E-state index in [0.717, 1.165) is 4.57 Å². The average molecular weight is 1290 g/mol. The summed E-state index contributed by atoms with van der Waals surface area (Å²) in [7, 11) is -24.3. The molecule has 464 valence electrons. The molecule has 2 amide bonds. The molecule has 1 fully saturated rings. The molecule has 0 spiro atoms. The van der Waals surface area contributed by atoms with Crippen molar-refractivity contribution in [3.63, 3.8) is 0 Å². The third kappa shape index (κ3) is 15.4. The fourth-order valence-electron chi connectivity index (χ4n) is 11.1. The van der Waals surface area contributed by atoms with E-state index in [-0.39, 0.29) is 55.7 Å². The van der Waals surface area contributed by atoms with Crippen molar-refractivity contribution in [1.82, 2.24) is 24.3 Å². The molecule has 0 aliphatic carbocycles. The van der Waals surface area contributed by atoms with E-state index in [1.165, 1.54) is 11.1 Å². The first-order valence-corrected chi connectivity index (χ1v) is 34.4. The van der Waals surface area contributed by atoms with Crippen LogP contribution in [0.4, 0.5) is 11.5 Å². The largest absolute Gasteiger partial charge is 0.490 e. The summed E-state index contributed by atoms with van der Waals surface area (Å²) in [4.78, 5) is 84.7. The molecule has 5 heterocycles. The molecule has 1 aromatic heterocycles. The van der Waals surface area contributed by atoms with Crippen molar-refractivity contribution in [2.75, 3.05) is 62.0 Å². The van der Waals surface area contributed by atoms with E-state index >= 15 is 0 Å². The van der Waals surface area contributed by atoms with Gasteiger partial charge in [-0.15, -0.1) is 0 Å². The number of nitrogen functional groups attached to an aromatic ring is 1. The maximum absolute atomic E-state index is 14.8. The molecule has 33 heteroatoms. The van der Waals surface area contributed by atoms with Gasteiger partial charge in [-0.25, -0.2) is 23.1 Å². The van der Waals surface area contributed by atoms with Crippen LogP contribution in [-0.4, -0.2) is 140 Å². The van der Waals surface area contributed by atoms with Gasteiger partial charge in [-0.2, -0.15) is 30.4 Å². The zero-order valence-corrected chi connectivity index (χ0v) is 51.9. The summed E-state index contributed by atoms with van der Waals surface area (Å²) in [5.74, 6) is 3.72. The number of phosphoric ester groups is 1. The lowest BCUT2D eigenvalue weighted by atomic mass is 9.83. The van der Waals surface area contributed by atoms with E-state index < -0.39 is 103 Å². The molecule has 0 saturated carbocycles. The van der Waals surface area contributed by atoms with Crippen LogP contribution in [0.5, 0.6) is 11.5 Å². The Labute approximate surface area is 494 Å². The number of carbonyl (C=O) groups excluding carboxylic acids is 2. The number of nitrogens with one attached hydrogen (secondary N) is 1. The number of carbonyl (C=O) groups is 2. The van der Waals surface area contributed by atoms with Crippen LogP contribution in [0.25, 0.3) is 16.7 Å². The van der Waals surface area contributed by atoms with E-state index in [1.807, 2.05) is 53.7 Å². The summed E-state index contributed by atoms with van der Waals surface area (Å²) < 4.78 is 133. The Morgan fingerprint density at radius 3 is 2.22 bits per heavy atom. The second-order valence-electron chi connectivity index (χ2n) is 21.7. The van der Waals surface area contributed by atoms with Crippen LogP contribution in [-0.2, 0) is 56.6 Å². The van der Waals surface area contributed by atoms with Crippen molar-refractivity contribution in [1.29, 1.82) is 0 Å². The normalized spacial score (nSPS) is 19.2. The number of rotatable bonds is 21. The minimum Gasteiger partial charge on any atom is -0.456 e. The van der Waals surface area contributed by atoms with Gasteiger partial charge in [0.15, 0.2) is 5.54 Å². The molecule has 4 atom stereocenters. The van der Waals surface area contributed by atoms with Gasteiger partial charge in [-0.3, -0.25) is 27.8 Å². The van der Waals surface area contributed by atoms with Crippen molar-refractivity contribution in [2.45, 2.75) is 90.6 Å². The van der Waals surface area contributed by atoms with Crippen LogP contribution >= 0.6 is 23.5 Å². The van der Waals surface area contributed by atoms with Gasteiger partial charge in [0.25, 0.3) is 26.1 Å². The molecule has 9 N–H and O–H groups in total. The molecule has 0 bridgehead atoms. The molecule has 28 nitrogen and oxygen atoms in total. The monoisotopic (exact) mass is 1290 g/mol. The van der Waals surface area contributed by atoms with E-state index in [0.29, 0.717) is 79.8 Å². The molecular formula is C53H65N7O21P3S2+. The maximum atomic E-state index is 14.8. The van der Waals surface area contributed by atoms with Crippen LogP contribution in [0, 0.1) is 11.8 Å². The first kappa shape index (κ1) is 65.7. The Morgan fingerprint density at radius 2 is 1.57 bits per heavy atom. The number of nitrogens with zero attached hydrogens (tertiary/aromatic N) is 5. The topological polar surface area (TPSA) is 404 Å². The summed E-state index contributed by atoms with van der Waals surface area (Å²) in [6, 6.07) is 14.0. The highest BCUT2D eigenvalue weighted by Gasteiger charge is 2.43. The fourth-order valence-corrected chi connectivity index (χ4v) is 15.4. The third-order valence-corrected chi connectivity index (χ3v) is 19.6. The standard InChI is InChI=1S/C53H64N7O21P3S2/c1-8-59-42-24-44-40(22-38(42)33(26-52(59,3)4)30-85(71,72)73)48(41-23-39-34(31-86(74,75)76)27-53(5,6)60(9-2)43(39)25-45(41)79-44)36-15-10-11-16-37(36)50(62)57(7)21-13-17-46(61)55-20-12-14-32-28-58(51(63)56-49(32)54)47-19-18-35(78-47)29-77-83(67,68)81-84(69,70)80-82(64,65)66/h10-11,15-16,22-28,35,47H,8-9,13,17-21,29-31H2,1-7H3,(H8-,54,55,56,61,63,64,65,66,67,68,69,70,71,72,73,74,75,76)/p+1/t35-,47+/m0/s1. The zero-order valence-electron chi connectivity index (χ0n) is 47.6. The van der Waals surface area contributed by atoms with Crippen molar-refractivity contribution in [2.24, 2.45) is 0 Å². The highest BCUT2D eigenvalue weighted by molar-refractivity contribution is 7.86. The van der Waals surface area contributed by atoms with E-state index in [2.05, 4.69) is 44.8 Å². The molecule has 3 aromatic carbocycles. The maximum Gasteiger partial charge on any atom is 0.490 e. The van der Waals surface area contributed by atoms with Crippen LogP contribution in [0.15, 0.2) is 71.7 Å². The van der Waals surface area contributed by atoms with E-state index in [1.54, 1.807) is 55.6 Å². The summed E-state index contributed by atoms with van der Waals surface area (Å²) in [6.07, 6.45) is 3.23. The smallest absolute Gasteiger partial charge is 0.456 e. The minimum atomic E-state index is -5.75. The second-order valence-corrected chi connectivity index (χ2v) is 29.0. The Kier molecular flexibility index (Phi) is 18.9. The number of likely N-dealkylation sites (N-methyl/N-ethyl adjacent to an activating group) is 2. The first-order chi connectivity index (χ1) is 39.9. The Balaban J connectivity index is 1.02. The number of fused-ring (bicyclic) bond motifs is 4.